The highest BCUT2D eigenvalue weighted by molar-refractivity contribution is 5.91. The Balaban J connectivity index is 0.000000257. The molecule has 0 bridgehead atoms. The number of hydrogen-bond acceptors (Lipinski definition) is 5. The third kappa shape index (κ3) is 5.15. The molecule has 2 aromatic rings. The van der Waals surface area contributed by atoms with Crippen molar-refractivity contribution in [1.82, 2.24) is 24.6 Å². The minimum Gasteiger partial charge on any atom is -0.476 e. The Morgan fingerprint density at radius 2 is 1.52 bits per heavy atom. The number of hydroxylamine groups is 2. The van der Waals surface area contributed by atoms with Crippen molar-refractivity contribution in [2.45, 2.75) is 26.7 Å². The molecule has 0 aliphatic heterocycles. The highest BCUT2D eigenvalue weighted by atomic mass is 16.7. The Labute approximate surface area is 146 Å². The summed E-state index contributed by atoms with van der Waals surface area (Å²) >= 11 is 0. The highest BCUT2D eigenvalue weighted by Crippen LogP contribution is 2.06. The number of nitrogens with zero attached hydrogens (tertiary/aromatic N) is 5. The van der Waals surface area contributed by atoms with Gasteiger partial charge in [0.1, 0.15) is 0 Å². The molecule has 0 fully saturated rings. The van der Waals surface area contributed by atoms with Crippen LogP contribution >= 0.6 is 0 Å². The summed E-state index contributed by atoms with van der Waals surface area (Å²) in [6.07, 6.45) is 1.66. The van der Waals surface area contributed by atoms with E-state index in [2.05, 4.69) is 10.2 Å². The predicted molar refractivity (Wildman–Crippen MR) is 91.2 cm³/mol. The fourth-order valence-corrected chi connectivity index (χ4v) is 2.13. The van der Waals surface area contributed by atoms with Crippen molar-refractivity contribution in [3.05, 3.63) is 34.9 Å². The zero-order chi connectivity index (χ0) is 19.1. The first-order valence-electron chi connectivity index (χ1n) is 7.86. The summed E-state index contributed by atoms with van der Waals surface area (Å²) in [5.74, 6) is -1.21. The Hall–Kier alpha value is -2.68. The Morgan fingerprint density at radius 1 is 1.08 bits per heavy atom. The quantitative estimate of drug-likeness (QED) is 0.815. The van der Waals surface area contributed by atoms with E-state index in [4.69, 9.17) is 9.94 Å². The second-order valence-electron chi connectivity index (χ2n) is 5.29. The number of hydrogen-bond donors (Lipinski definition) is 1. The average molecular weight is 351 g/mol. The third-order valence-corrected chi connectivity index (χ3v) is 3.68. The number of aromatic carboxylic acids is 1. The number of aryl methyl sites for hydroxylation is 4. The lowest BCUT2D eigenvalue weighted by atomic mass is 10.3. The number of carboxylic acid groups (broad SMARTS) is 1. The van der Waals surface area contributed by atoms with Crippen molar-refractivity contribution in [3.8, 4) is 0 Å². The fraction of sp³-hybridized carbons (Fsp3) is 0.500. The van der Waals surface area contributed by atoms with Crippen LogP contribution < -0.4 is 0 Å². The second kappa shape index (κ2) is 8.97. The maximum atomic E-state index is 11.6. The van der Waals surface area contributed by atoms with Gasteiger partial charge in [0.15, 0.2) is 11.4 Å². The van der Waals surface area contributed by atoms with E-state index in [0.29, 0.717) is 5.69 Å². The van der Waals surface area contributed by atoms with Gasteiger partial charge in [-0.3, -0.25) is 19.0 Å². The van der Waals surface area contributed by atoms with Gasteiger partial charge >= 0.3 is 5.97 Å². The van der Waals surface area contributed by atoms with Crippen LogP contribution in [0.1, 0.15) is 46.2 Å². The van der Waals surface area contributed by atoms with Crippen molar-refractivity contribution < 1.29 is 19.5 Å². The van der Waals surface area contributed by atoms with Gasteiger partial charge in [0.05, 0.1) is 7.11 Å². The Bertz CT molecular complexity index is 735. The smallest absolute Gasteiger partial charge is 0.356 e. The molecule has 138 valence electrons. The Kier molecular flexibility index (Phi) is 7.31. The zero-order valence-corrected chi connectivity index (χ0v) is 15.5. The summed E-state index contributed by atoms with van der Waals surface area (Å²) in [5.41, 5.74) is 2.48. The van der Waals surface area contributed by atoms with E-state index in [0.717, 1.165) is 29.3 Å². The number of carbonyl (C=O) groups excluding carboxylic acids is 1. The van der Waals surface area contributed by atoms with Crippen LogP contribution in [0.5, 0.6) is 0 Å². The van der Waals surface area contributed by atoms with Gasteiger partial charge in [0.25, 0.3) is 5.91 Å². The number of amides is 1. The molecular formula is C16H25N5O4. The molecule has 0 radical (unpaired) electrons. The molecule has 0 aliphatic rings. The van der Waals surface area contributed by atoms with Crippen LogP contribution in [0.25, 0.3) is 0 Å². The molecule has 1 amide bonds. The van der Waals surface area contributed by atoms with Gasteiger partial charge in [-0.1, -0.05) is 13.8 Å². The molecule has 0 aromatic carbocycles. The first kappa shape index (κ1) is 20.4. The summed E-state index contributed by atoms with van der Waals surface area (Å²) < 4.78 is 3.29. The number of carboxylic acids is 1. The third-order valence-electron chi connectivity index (χ3n) is 3.68. The van der Waals surface area contributed by atoms with Gasteiger partial charge in [-0.25, -0.2) is 9.86 Å². The van der Waals surface area contributed by atoms with Crippen LogP contribution in [0, 0.1) is 0 Å². The maximum Gasteiger partial charge on any atom is 0.356 e. The van der Waals surface area contributed by atoms with E-state index < -0.39 is 5.97 Å². The molecule has 0 saturated heterocycles. The van der Waals surface area contributed by atoms with Crippen LogP contribution in [0.4, 0.5) is 0 Å². The first-order chi connectivity index (χ1) is 11.7. The van der Waals surface area contributed by atoms with Gasteiger partial charge in [-0.2, -0.15) is 10.2 Å². The van der Waals surface area contributed by atoms with Crippen LogP contribution in [-0.2, 0) is 31.8 Å². The molecule has 0 saturated carbocycles. The van der Waals surface area contributed by atoms with Gasteiger partial charge < -0.3 is 5.11 Å². The molecule has 2 heterocycles. The van der Waals surface area contributed by atoms with Gasteiger partial charge in [0.2, 0.25) is 0 Å². The minimum absolute atomic E-state index is 0.115. The zero-order valence-electron chi connectivity index (χ0n) is 15.5. The van der Waals surface area contributed by atoms with E-state index in [1.54, 1.807) is 35.6 Å². The first-order valence-corrected chi connectivity index (χ1v) is 7.86. The number of rotatable bonds is 5. The van der Waals surface area contributed by atoms with E-state index in [1.165, 1.54) is 7.11 Å². The molecule has 0 aliphatic carbocycles. The standard InChI is InChI=1S/C9H15N3O2.C7H10N2O2/c1-5-7-6-8(10-11(7)2)9(13)12(3)14-4;1-3-5-4-6(7(10)11)8-9(5)2/h6H,5H2,1-4H3;4H,3H2,1-2H3,(H,10,11). The number of aromatic nitrogens is 4. The van der Waals surface area contributed by atoms with Crippen molar-refractivity contribution in [1.29, 1.82) is 0 Å². The van der Waals surface area contributed by atoms with Crippen LogP contribution in [-0.4, -0.2) is 55.8 Å². The summed E-state index contributed by atoms with van der Waals surface area (Å²) in [7, 11) is 6.57. The lowest BCUT2D eigenvalue weighted by molar-refractivity contribution is -0.0760. The summed E-state index contributed by atoms with van der Waals surface area (Å²) in [6, 6.07) is 3.36. The minimum atomic E-state index is -0.972. The van der Waals surface area contributed by atoms with E-state index in [-0.39, 0.29) is 11.6 Å². The molecule has 25 heavy (non-hydrogen) atoms. The van der Waals surface area contributed by atoms with Crippen LogP contribution in [0.3, 0.4) is 0 Å². The molecule has 0 atom stereocenters. The largest absolute Gasteiger partial charge is 0.476 e. The van der Waals surface area contributed by atoms with E-state index in [9.17, 15) is 9.59 Å². The van der Waals surface area contributed by atoms with Crippen molar-refractivity contribution in [2.75, 3.05) is 14.2 Å². The number of carbonyl (C=O) groups is 2. The SMILES string of the molecule is CCc1cc(C(=O)N(C)OC)nn1C.CCc1cc(C(=O)O)nn1C. The lowest BCUT2D eigenvalue weighted by Gasteiger charge is -2.10. The van der Waals surface area contributed by atoms with E-state index in [1.807, 2.05) is 20.9 Å². The lowest BCUT2D eigenvalue weighted by Crippen LogP contribution is -2.25. The van der Waals surface area contributed by atoms with E-state index >= 15 is 0 Å². The molecule has 0 unspecified atom stereocenters. The van der Waals surface area contributed by atoms with Crippen molar-refractivity contribution >= 4 is 11.9 Å². The molecule has 2 rings (SSSR count). The highest BCUT2D eigenvalue weighted by Gasteiger charge is 2.15. The molecule has 9 nitrogen and oxygen atoms in total. The van der Waals surface area contributed by atoms with Gasteiger partial charge in [-0.05, 0) is 25.0 Å². The van der Waals surface area contributed by atoms with Crippen LogP contribution in [0.15, 0.2) is 12.1 Å². The average Bonchev–Trinajstić information content (AvgIpc) is 3.16. The van der Waals surface area contributed by atoms with Gasteiger partial charge in [-0.15, -0.1) is 0 Å². The molecule has 0 spiro atoms. The monoisotopic (exact) mass is 351 g/mol. The van der Waals surface area contributed by atoms with Crippen LogP contribution in [0.2, 0.25) is 0 Å². The summed E-state index contributed by atoms with van der Waals surface area (Å²) in [5, 5.41) is 17.6. The maximum absolute atomic E-state index is 11.6. The molecular weight excluding hydrogens is 326 g/mol. The molecule has 9 heteroatoms. The van der Waals surface area contributed by atoms with Gasteiger partial charge in [0, 0.05) is 32.5 Å². The molecule has 1 N–H and O–H groups in total. The Morgan fingerprint density at radius 3 is 1.84 bits per heavy atom. The predicted octanol–water partition coefficient (Wildman–Crippen LogP) is 1.30. The topological polar surface area (TPSA) is 102 Å². The fourth-order valence-electron chi connectivity index (χ4n) is 2.13. The summed E-state index contributed by atoms with van der Waals surface area (Å²) in [6.45, 7) is 3.98. The normalized spacial score (nSPS) is 10.2. The summed E-state index contributed by atoms with van der Waals surface area (Å²) in [4.78, 5) is 26.8. The van der Waals surface area contributed by atoms with Crippen molar-refractivity contribution in [3.63, 3.8) is 0 Å². The molecule has 2 aromatic heterocycles. The van der Waals surface area contributed by atoms with Crippen molar-refractivity contribution in [2.24, 2.45) is 14.1 Å². The second-order valence-corrected chi connectivity index (χ2v) is 5.29.